The molecule has 1 aliphatic heterocycles. The lowest BCUT2D eigenvalue weighted by Gasteiger charge is -1.99. The predicted molar refractivity (Wildman–Crippen MR) is 48.2 cm³/mol. The second-order valence-corrected chi connectivity index (χ2v) is 2.89. The third-order valence-corrected chi connectivity index (χ3v) is 1.47. The fraction of sp³-hybridized carbons (Fsp3) is 0.500. The first-order chi connectivity index (χ1) is 7.32. The summed E-state index contributed by atoms with van der Waals surface area (Å²) in [6.07, 6.45) is -0.00694. The molecule has 1 atom stereocenters. The zero-order chi connectivity index (χ0) is 12.7. The zero-order valence-electron chi connectivity index (χ0n) is 8.21. The van der Waals surface area contributed by atoms with E-state index in [1.54, 1.807) is 0 Å². The number of carboxylic acid groups (broad SMARTS) is 2. The molecule has 0 aromatic carbocycles. The van der Waals surface area contributed by atoms with Crippen LogP contribution in [0.25, 0.3) is 0 Å². The molecule has 0 bridgehead atoms. The van der Waals surface area contributed by atoms with E-state index in [1.807, 2.05) is 0 Å². The molecule has 1 rings (SSSR count). The van der Waals surface area contributed by atoms with Gasteiger partial charge in [-0.05, 0) is 0 Å². The first-order valence-corrected chi connectivity index (χ1v) is 4.26. The highest BCUT2D eigenvalue weighted by Crippen LogP contribution is 2.03. The van der Waals surface area contributed by atoms with Crippen molar-refractivity contribution in [1.82, 2.24) is 0 Å². The van der Waals surface area contributed by atoms with Crippen LogP contribution in [0.15, 0.2) is 0 Å². The topological polar surface area (TPSA) is 144 Å². The van der Waals surface area contributed by atoms with Crippen LogP contribution in [-0.4, -0.2) is 40.1 Å². The summed E-state index contributed by atoms with van der Waals surface area (Å²) >= 11 is 0. The average Bonchev–Trinajstić information content (AvgIpc) is 2.49. The SMILES string of the molecule is NC(CC(=O)O)C(=O)O.O=C1CCC(=O)O1. The monoisotopic (exact) mass is 233 g/mol. The zero-order valence-corrected chi connectivity index (χ0v) is 8.21. The van der Waals surface area contributed by atoms with Gasteiger partial charge in [-0.2, -0.15) is 0 Å². The van der Waals surface area contributed by atoms with Gasteiger partial charge in [0, 0.05) is 0 Å². The molecule has 0 amide bonds. The number of hydrogen-bond donors (Lipinski definition) is 3. The summed E-state index contributed by atoms with van der Waals surface area (Å²) in [5.74, 6) is -3.29. The van der Waals surface area contributed by atoms with Gasteiger partial charge >= 0.3 is 23.9 Å². The molecule has 0 aromatic heterocycles. The van der Waals surface area contributed by atoms with Crippen LogP contribution >= 0.6 is 0 Å². The minimum atomic E-state index is -1.29. The molecule has 0 spiro atoms. The minimum absolute atomic E-state index is 0.263. The highest BCUT2D eigenvalue weighted by atomic mass is 16.6. The summed E-state index contributed by atoms with van der Waals surface area (Å²) in [6, 6.07) is -1.29. The maximum absolute atomic E-state index is 10.0. The van der Waals surface area contributed by atoms with E-state index < -0.39 is 36.3 Å². The van der Waals surface area contributed by atoms with Crippen molar-refractivity contribution in [3.8, 4) is 0 Å². The first kappa shape index (κ1) is 14.0. The van der Waals surface area contributed by atoms with Gasteiger partial charge in [-0.15, -0.1) is 0 Å². The fourth-order valence-corrected chi connectivity index (χ4v) is 0.709. The Morgan fingerprint density at radius 3 is 1.81 bits per heavy atom. The van der Waals surface area contributed by atoms with Gasteiger partial charge in [0.1, 0.15) is 6.04 Å². The Kier molecular flexibility index (Phi) is 5.71. The van der Waals surface area contributed by atoms with E-state index in [0.29, 0.717) is 0 Å². The van der Waals surface area contributed by atoms with E-state index in [2.05, 4.69) is 4.74 Å². The Bertz CT molecular complexity index is 298. The van der Waals surface area contributed by atoms with Crippen molar-refractivity contribution in [2.75, 3.05) is 0 Å². The highest BCUT2D eigenvalue weighted by molar-refractivity contribution is 5.92. The summed E-state index contributed by atoms with van der Waals surface area (Å²) in [4.78, 5) is 39.6. The third-order valence-electron chi connectivity index (χ3n) is 1.47. The number of cyclic esters (lactones) is 2. The molecule has 0 aliphatic carbocycles. The van der Waals surface area contributed by atoms with Crippen molar-refractivity contribution < 1.29 is 34.1 Å². The lowest BCUT2D eigenvalue weighted by atomic mass is 10.2. The Hall–Kier alpha value is -1.96. The van der Waals surface area contributed by atoms with Crippen molar-refractivity contribution in [1.29, 1.82) is 0 Å². The van der Waals surface area contributed by atoms with Crippen LogP contribution in [0.1, 0.15) is 19.3 Å². The van der Waals surface area contributed by atoms with E-state index >= 15 is 0 Å². The van der Waals surface area contributed by atoms with Crippen LogP contribution in [0.2, 0.25) is 0 Å². The second kappa shape index (κ2) is 6.51. The Balaban J connectivity index is 0.000000288. The smallest absolute Gasteiger partial charge is 0.321 e. The Morgan fingerprint density at radius 2 is 1.69 bits per heavy atom. The van der Waals surface area contributed by atoms with Crippen LogP contribution in [-0.2, 0) is 23.9 Å². The molecule has 16 heavy (non-hydrogen) atoms. The number of carbonyl (C=O) groups is 4. The molecule has 8 nitrogen and oxygen atoms in total. The molecule has 0 radical (unpaired) electrons. The van der Waals surface area contributed by atoms with Gasteiger partial charge in [-0.25, -0.2) is 0 Å². The van der Waals surface area contributed by atoms with Crippen molar-refractivity contribution in [2.45, 2.75) is 25.3 Å². The van der Waals surface area contributed by atoms with Gasteiger partial charge < -0.3 is 20.7 Å². The molecule has 8 heteroatoms. The van der Waals surface area contributed by atoms with Crippen LogP contribution in [0.4, 0.5) is 0 Å². The number of nitrogens with two attached hydrogens (primary N) is 1. The molecule has 90 valence electrons. The number of carboxylic acids is 2. The van der Waals surface area contributed by atoms with Crippen molar-refractivity contribution in [3.63, 3.8) is 0 Å². The van der Waals surface area contributed by atoms with Crippen LogP contribution < -0.4 is 5.73 Å². The Morgan fingerprint density at radius 1 is 1.25 bits per heavy atom. The standard InChI is InChI=1S/C4H7NO4.C4H4O3/c5-2(4(8)9)1-3(6)7;5-3-1-2-4(6)7-3/h2H,1,5H2,(H,6,7)(H,8,9);1-2H2. The summed E-state index contributed by atoms with van der Waals surface area (Å²) in [5.41, 5.74) is 4.84. The number of rotatable bonds is 3. The molecule has 1 heterocycles. The van der Waals surface area contributed by atoms with Gasteiger partial charge in [0.05, 0.1) is 19.3 Å². The lowest BCUT2D eigenvalue weighted by Crippen LogP contribution is -2.32. The minimum Gasteiger partial charge on any atom is -0.481 e. The molecule has 1 unspecified atom stereocenters. The van der Waals surface area contributed by atoms with Gasteiger partial charge in [-0.3, -0.25) is 19.2 Å². The Labute approximate surface area is 90.0 Å². The average molecular weight is 233 g/mol. The molecule has 4 N–H and O–H groups in total. The van der Waals surface area contributed by atoms with Crippen LogP contribution in [0.3, 0.4) is 0 Å². The van der Waals surface area contributed by atoms with E-state index in [4.69, 9.17) is 15.9 Å². The van der Waals surface area contributed by atoms with Gasteiger partial charge in [-0.1, -0.05) is 0 Å². The quantitative estimate of drug-likeness (QED) is 0.404. The molecular formula is C8H11NO7. The molecule has 0 aromatic rings. The maximum Gasteiger partial charge on any atom is 0.321 e. The number of carbonyl (C=O) groups excluding carboxylic acids is 2. The fourth-order valence-electron chi connectivity index (χ4n) is 0.709. The van der Waals surface area contributed by atoms with E-state index in [1.165, 1.54) is 0 Å². The summed E-state index contributed by atoms with van der Waals surface area (Å²) in [5, 5.41) is 16.0. The molecule has 1 aliphatic rings. The summed E-state index contributed by atoms with van der Waals surface area (Å²) < 4.78 is 4.08. The third kappa shape index (κ3) is 6.49. The van der Waals surface area contributed by atoms with Crippen molar-refractivity contribution in [2.24, 2.45) is 5.73 Å². The van der Waals surface area contributed by atoms with Crippen LogP contribution in [0.5, 0.6) is 0 Å². The summed E-state index contributed by atoms with van der Waals surface area (Å²) in [7, 11) is 0. The second-order valence-electron chi connectivity index (χ2n) is 2.89. The van der Waals surface area contributed by atoms with E-state index in [9.17, 15) is 19.2 Å². The molecule has 1 saturated heterocycles. The van der Waals surface area contributed by atoms with Crippen molar-refractivity contribution >= 4 is 23.9 Å². The highest BCUT2D eigenvalue weighted by Gasteiger charge is 2.19. The normalized spacial score (nSPS) is 15.8. The largest absolute Gasteiger partial charge is 0.481 e. The predicted octanol–water partition coefficient (Wildman–Crippen LogP) is -1.28. The first-order valence-electron chi connectivity index (χ1n) is 4.26. The van der Waals surface area contributed by atoms with E-state index in [-0.39, 0.29) is 12.8 Å². The molecular weight excluding hydrogens is 222 g/mol. The van der Waals surface area contributed by atoms with Gasteiger partial charge in [0.15, 0.2) is 0 Å². The number of hydrogen-bond acceptors (Lipinski definition) is 6. The maximum atomic E-state index is 10.0. The van der Waals surface area contributed by atoms with Gasteiger partial charge in [0.2, 0.25) is 0 Å². The van der Waals surface area contributed by atoms with Crippen molar-refractivity contribution in [3.05, 3.63) is 0 Å². The van der Waals surface area contributed by atoms with E-state index in [0.717, 1.165) is 0 Å². The number of ether oxygens (including phenoxy) is 1. The lowest BCUT2D eigenvalue weighted by molar-refractivity contribution is -0.152. The number of esters is 2. The number of aliphatic carboxylic acids is 2. The summed E-state index contributed by atoms with van der Waals surface area (Å²) in [6.45, 7) is 0. The molecule has 0 saturated carbocycles. The van der Waals surface area contributed by atoms with Gasteiger partial charge in [0.25, 0.3) is 0 Å². The molecule has 1 fully saturated rings. The van der Waals surface area contributed by atoms with Crippen LogP contribution in [0, 0.1) is 0 Å².